The van der Waals surface area contributed by atoms with Gasteiger partial charge in [0.05, 0.1) is 17.7 Å². The van der Waals surface area contributed by atoms with Crippen LogP contribution in [-0.4, -0.2) is 23.3 Å². The van der Waals surface area contributed by atoms with Crippen LogP contribution in [0, 0.1) is 11.3 Å². The van der Waals surface area contributed by atoms with Crippen LogP contribution in [0.5, 0.6) is 0 Å². The van der Waals surface area contributed by atoms with Crippen LogP contribution in [0.2, 0.25) is 0 Å². The molecule has 0 aliphatic rings. The molecule has 1 unspecified atom stereocenters. The third-order valence-corrected chi connectivity index (χ3v) is 4.02. The van der Waals surface area contributed by atoms with Gasteiger partial charge in [-0.1, -0.05) is 18.2 Å². The summed E-state index contributed by atoms with van der Waals surface area (Å²) in [5.74, 6) is -0.283. The highest BCUT2D eigenvalue weighted by atomic mass is 16.2. The highest BCUT2D eigenvalue weighted by Crippen LogP contribution is 2.23. The second kappa shape index (κ2) is 8.11. The van der Waals surface area contributed by atoms with Gasteiger partial charge in [-0.05, 0) is 49.7 Å². The van der Waals surface area contributed by atoms with Gasteiger partial charge in [0.1, 0.15) is 0 Å². The Balaban J connectivity index is 2.25. The normalized spacial score (nSPS) is 11.3. The Morgan fingerprint density at radius 1 is 1.20 bits per heavy atom. The summed E-state index contributed by atoms with van der Waals surface area (Å²) >= 11 is 0. The van der Waals surface area contributed by atoms with Crippen molar-refractivity contribution in [2.75, 3.05) is 11.9 Å². The van der Waals surface area contributed by atoms with Gasteiger partial charge in [-0.2, -0.15) is 5.26 Å². The molecule has 2 aromatic rings. The van der Waals surface area contributed by atoms with Gasteiger partial charge in [0.15, 0.2) is 0 Å². The highest BCUT2D eigenvalue weighted by Gasteiger charge is 2.21. The average molecular weight is 335 g/mol. The number of hydrogen-bond acceptors (Lipinski definition) is 3. The fraction of sp³-hybridized carbons (Fsp3) is 0.250. The Hall–Kier alpha value is -3.13. The molecule has 0 fully saturated rings. The van der Waals surface area contributed by atoms with E-state index in [1.165, 1.54) is 6.92 Å². The lowest BCUT2D eigenvalue weighted by Gasteiger charge is -2.28. The summed E-state index contributed by atoms with van der Waals surface area (Å²) < 4.78 is 0. The fourth-order valence-corrected chi connectivity index (χ4v) is 2.71. The first kappa shape index (κ1) is 18.2. The monoisotopic (exact) mass is 335 g/mol. The van der Waals surface area contributed by atoms with E-state index in [2.05, 4.69) is 11.4 Å². The molecule has 0 heterocycles. The molecule has 5 nitrogen and oxygen atoms in total. The van der Waals surface area contributed by atoms with E-state index in [1.807, 2.05) is 26.0 Å². The molecule has 0 radical (unpaired) electrons. The van der Waals surface area contributed by atoms with Crippen LogP contribution in [-0.2, 0) is 4.79 Å². The average Bonchev–Trinajstić information content (AvgIpc) is 2.62. The van der Waals surface area contributed by atoms with E-state index in [0.29, 0.717) is 23.4 Å². The fourth-order valence-electron chi connectivity index (χ4n) is 2.71. The summed E-state index contributed by atoms with van der Waals surface area (Å²) in [6.07, 6.45) is 0. The van der Waals surface area contributed by atoms with Crippen LogP contribution < -0.4 is 5.32 Å². The number of nitriles is 1. The molecule has 25 heavy (non-hydrogen) atoms. The first-order valence-electron chi connectivity index (χ1n) is 8.15. The van der Waals surface area contributed by atoms with E-state index in [1.54, 1.807) is 41.3 Å². The molecule has 5 heteroatoms. The topological polar surface area (TPSA) is 73.2 Å². The second-order valence-corrected chi connectivity index (χ2v) is 5.76. The van der Waals surface area contributed by atoms with Crippen LogP contribution in [0.1, 0.15) is 48.3 Å². The maximum Gasteiger partial charge on any atom is 0.254 e. The molecule has 1 atom stereocenters. The number of carbonyl (C=O) groups excluding carboxylic acids is 2. The van der Waals surface area contributed by atoms with Gasteiger partial charge in [-0.15, -0.1) is 0 Å². The number of nitrogens with zero attached hydrogens (tertiary/aromatic N) is 2. The number of benzene rings is 2. The summed E-state index contributed by atoms with van der Waals surface area (Å²) in [5, 5.41) is 11.6. The molecule has 128 valence electrons. The SMILES string of the molecule is CCN(C(=O)c1cccc(NC(C)=O)c1)C(C)c1ccc(C#N)cc1. The van der Waals surface area contributed by atoms with Crippen molar-refractivity contribution in [2.24, 2.45) is 0 Å². The Morgan fingerprint density at radius 3 is 2.44 bits per heavy atom. The van der Waals surface area contributed by atoms with E-state index in [4.69, 9.17) is 5.26 Å². The number of carbonyl (C=O) groups is 2. The van der Waals surface area contributed by atoms with E-state index in [0.717, 1.165) is 5.56 Å². The number of nitrogens with one attached hydrogen (secondary N) is 1. The van der Waals surface area contributed by atoms with Crippen molar-refractivity contribution in [2.45, 2.75) is 26.8 Å². The number of hydrogen-bond donors (Lipinski definition) is 1. The Labute approximate surface area is 147 Å². The van der Waals surface area contributed by atoms with E-state index in [9.17, 15) is 9.59 Å². The summed E-state index contributed by atoms with van der Waals surface area (Å²) in [7, 11) is 0. The molecule has 0 saturated carbocycles. The van der Waals surface area contributed by atoms with Gasteiger partial charge in [0.2, 0.25) is 5.91 Å². The van der Waals surface area contributed by atoms with Crippen molar-refractivity contribution in [3.63, 3.8) is 0 Å². The zero-order valence-corrected chi connectivity index (χ0v) is 14.6. The molecule has 0 bridgehead atoms. The molecule has 0 aromatic heterocycles. The third-order valence-electron chi connectivity index (χ3n) is 4.02. The molecule has 1 N–H and O–H groups in total. The molecule has 2 aromatic carbocycles. The Morgan fingerprint density at radius 2 is 1.88 bits per heavy atom. The highest BCUT2D eigenvalue weighted by molar-refractivity contribution is 5.97. The molecule has 2 amide bonds. The smallest absolute Gasteiger partial charge is 0.254 e. The van der Waals surface area contributed by atoms with E-state index >= 15 is 0 Å². The van der Waals surface area contributed by atoms with Gasteiger partial charge < -0.3 is 10.2 Å². The lowest BCUT2D eigenvalue weighted by Crippen LogP contribution is -2.33. The van der Waals surface area contributed by atoms with Crippen LogP contribution >= 0.6 is 0 Å². The molecular formula is C20H21N3O2. The lowest BCUT2D eigenvalue weighted by atomic mass is 10.0. The number of anilines is 1. The largest absolute Gasteiger partial charge is 0.332 e. The van der Waals surface area contributed by atoms with Crippen molar-refractivity contribution in [1.82, 2.24) is 4.90 Å². The van der Waals surface area contributed by atoms with Crippen molar-refractivity contribution in [3.8, 4) is 6.07 Å². The van der Waals surface area contributed by atoms with Crippen molar-refractivity contribution in [3.05, 3.63) is 65.2 Å². The molecule has 0 spiro atoms. The molecule has 0 aliphatic heterocycles. The predicted octanol–water partition coefficient (Wildman–Crippen LogP) is 3.74. The summed E-state index contributed by atoms with van der Waals surface area (Å²) in [4.78, 5) is 25.9. The van der Waals surface area contributed by atoms with Crippen LogP contribution in [0.15, 0.2) is 48.5 Å². The van der Waals surface area contributed by atoms with Gasteiger partial charge in [-0.25, -0.2) is 0 Å². The molecule has 0 aliphatic carbocycles. The van der Waals surface area contributed by atoms with E-state index in [-0.39, 0.29) is 17.9 Å². The Bertz CT molecular complexity index is 806. The maximum atomic E-state index is 12.9. The van der Waals surface area contributed by atoms with Crippen molar-refractivity contribution in [1.29, 1.82) is 5.26 Å². The molecule has 2 rings (SSSR count). The first-order valence-corrected chi connectivity index (χ1v) is 8.15. The van der Waals surface area contributed by atoms with Crippen LogP contribution in [0.25, 0.3) is 0 Å². The van der Waals surface area contributed by atoms with E-state index < -0.39 is 0 Å². The van der Waals surface area contributed by atoms with Gasteiger partial charge >= 0.3 is 0 Å². The van der Waals surface area contributed by atoms with Gasteiger partial charge in [0, 0.05) is 24.7 Å². The standard InChI is InChI=1S/C20H21N3O2/c1-4-23(14(2)17-10-8-16(13-21)9-11-17)20(25)18-6-5-7-19(12-18)22-15(3)24/h5-12,14H,4H2,1-3H3,(H,22,24). The quantitative estimate of drug-likeness (QED) is 0.904. The number of rotatable bonds is 5. The summed E-state index contributed by atoms with van der Waals surface area (Å²) in [6, 6.07) is 16.1. The lowest BCUT2D eigenvalue weighted by molar-refractivity contribution is -0.114. The second-order valence-electron chi connectivity index (χ2n) is 5.76. The van der Waals surface area contributed by atoms with Gasteiger partial charge in [-0.3, -0.25) is 9.59 Å². The zero-order chi connectivity index (χ0) is 18.4. The van der Waals surface area contributed by atoms with Crippen LogP contribution in [0.4, 0.5) is 5.69 Å². The predicted molar refractivity (Wildman–Crippen MR) is 97.0 cm³/mol. The number of amides is 2. The molecule has 0 saturated heterocycles. The third kappa shape index (κ3) is 4.45. The minimum absolute atomic E-state index is 0.105. The van der Waals surface area contributed by atoms with Crippen molar-refractivity contribution < 1.29 is 9.59 Å². The zero-order valence-electron chi connectivity index (χ0n) is 14.6. The van der Waals surface area contributed by atoms with Crippen LogP contribution in [0.3, 0.4) is 0 Å². The summed E-state index contributed by atoms with van der Waals surface area (Å²) in [6.45, 7) is 5.86. The van der Waals surface area contributed by atoms with Crippen molar-refractivity contribution >= 4 is 17.5 Å². The minimum Gasteiger partial charge on any atom is -0.332 e. The first-order chi connectivity index (χ1) is 12.0. The minimum atomic E-state index is -0.178. The molecular weight excluding hydrogens is 314 g/mol. The van der Waals surface area contributed by atoms with Gasteiger partial charge in [0.25, 0.3) is 5.91 Å². The maximum absolute atomic E-state index is 12.9. The Kier molecular flexibility index (Phi) is 5.91. The summed E-state index contributed by atoms with van der Waals surface area (Å²) in [5.41, 5.74) is 2.68.